The van der Waals surface area contributed by atoms with Crippen LogP contribution in [-0.4, -0.2) is 43.3 Å². The maximum absolute atomic E-state index is 6.10. The molecule has 0 aromatic heterocycles. The molecule has 0 fully saturated rings. The van der Waals surface area contributed by atoms with Crippen molar-refractivity contribution in [3.63, 3.8) is 0 Å². The molecular formula is C24H39N5. The molecule has 0 spiro atoms. The second-order valence-electron chi connectivity index (χ2n) is 7.96. The lowest BCUT2D eigenvalue weighted by atomic mass is 9.99. The zero-order valence-electron chi connectivity index (χ0n) is 18.5. The van der Waals surface area contributed by atoms with Gasteiger partial charge in [0.05, 0.1) is 17.2 Å². The molecule has 2 rings (SSSR count). The number of hydrogen-bond acceptors (Lipinski definition) is 5. The molecule has 1 aromatic rings. The summed E-state index contributed by atoms with van der Waals surface area (Å²) in [5, 5.41) is 6.71. The van der Waals surface area contributed by atoms with E-state index in [2.05, 4.69) is 65.2 Å². The number of nitrogens with zero attached hydrogens (tertiary/aromatic N) is 2. The highest BCUT2D eigenvalue weighted by molar-refractivity contribution is 6.07. The first-order valence-corrected chi connectivity index (χ1v) is 11.0. The Kier molecular flexibility index (Phi) is 9.78. The number of unbranched alkanes of at least 4 members (excludes halogenated alkanes) is 1. The number of hydrogen-bond donors (Lipinski definition) is 3. The van der Waals surface area contributed by atoms with E-state index in [1.165, 1.54) is 11.1 Å². The normalized spacial score (nSPS) is 16.2. The summed E-state index contributed by atoms with van der Waals surface area (Å²) in [6, 6.07) is 8.79. The Hall–Kier alpha value is -2.27. The Labute approximate surface area is 177 Å². The van der Waals surface area contributed by atoms with E-state index >= 15 is 0 Å². The summed E-state index contributed by atoms with van der Waals surface area (Å²) in [5.74, 6) is 1.16. The Morgan fingerprint density at radius 1 is 1.28 bits per heavy atom. The van der Waals surface area contributed by atoms with Gasteiger partial charge in [0.2, 0.25) is 0 Å². The fourth-order valence-electron chi connectivity index (χ4n) is 3.61. The van der Waals surface area contributed by atoms with E-state index in [9.17, 15) is 0 Å². The summed E-state index contributed by atoms with van der Waals surface area (Å²) in [6.45, 7) is 16.4. The quantitative estimate of drug-likeness (QED) is 0.373. The Bertz CT molecular complexity index is 707. The van der Waals surface area contributed by atoms with Crippen molar-refractivity contribution in [3.05, 3.63) is 59.6 Å². The molecule has 1 heterocycles. The van der Waals surface area contributed by atoms with Crippen LogP contribution < -0.4 is 16.4 Å². The van der Waals surface area contributed by atoms with E-state index in [1.54, 1.807) is 0 Å². The maximum Gasteiger partial charge on any atom is 0.0982 e. The van der Waals surface area contributed by atoms with E-state index in [4.69, 9.17) is 5.73 Å². The molecule has 0 aliphatic carbocycles. The standard InChI is InChI=1S/C24H39N5/c1-5-7-13-27-24(25)15-23(26-6-2)20(4)28-16-19(3)17-29-14-12-21-10-8-9-11-22(21)18-29/h8-11,15,19,27-28H,4-7,12-14,16-18,25H2,1-3H3/b24-15+,26-23+. The number of fused-ring (bicyclic) bond motifs is 1. The van der Waals surface area contributed by atoms with Crippen LogP contribution in [0.25, 0.3) is 0 Å². The topological polar surface area (TPSA) is 65.7 Å². The smallest absolute Gasteiger partial charge is 0.0982 e. The van der Waals surface area contributed by atoms with E-state index in [0.717, 1.165) is 63.4 Å². The first-order valence-electron chi connectivity index (χ1n) is 11.0. The molecule has 5 nitrogen and oxygen atoms in total. The van der Waals surface area contributed by atoms with Gasteiger partial charge in [-0.1, -0.05) is 51.1 Å². The monoisotopic (exact) mass is 397 g/mol. The number of nitrogens with one attached hydrogen (secondary N) is 2. The van der Waals surface area contributed by atoms with Crippen molar-refractivity contribution < 1.29 is 0 Å². The Morgan fingerprint density at radius 3 is 2.76 bits per heavy atom. The summed E-state index contributed by atoms with van der Waals surface area (Å²) in [4.78, 5) is 7.11. The van der Waals surface area contributed by atoms with Gasteiger partial charge in [-0.25, -0.2) is 0 Å². The minimum atomic E-state index is 0.517. The van der Waals surface area contributed by atoms with Crippen LogP contribution >= 0.6 is 0 Å². The van der Waals surface area contributed by atoms with Crippen molar-refractivity contribution in [2.24, 2.45) is 16.6 Å². The summed E-state index contributed by atoms with van der Waals surface area (Å²) in [5.41, 5.74) is 10.7. The van der Waals surface area contributed by atoms with Gasteiger partial charge in [0.1, 0.15) is 0 Å². The van der Waals surface area contributed by atoms with Crippen LogP contribution in [-0.2, 0) is 13.0 Å². The van der Waals surface area contributed by atoms with Gasteiger partial charge in [0, 0.05) is 45.3 Å². The lowest BCUT2D eigenvalue weighted by molar-refractivity contribution is 0.219. The van der Waals surface area contributed by atoms with Gasteiger partial charge >= 0.3 is 0 Å². The third-order valence-corrected chi connectivity index (χ3v) is 5.23. The average Bonchev–Trinajstić information content (AvgIpc) is 2.72. The van der Waals surface area contributed by atoms with Crippen LogP contribution in [0.5, 0.6) is 0 Å². The minimum Gasteiger partial charge on any atom is -0.385 e. The van der Waals surface area contributed by atoms with Crippen LogP contribution in [0, 0.1) is 5.92 Å². The van der Waals surface area contributed by atoms with E-state index in [-0.39, 0.29) is 0 Å². The molecule has 0 radical (unpaired) electrons. The molecule has 1 atom stereocenters. The molecule has 0 saturated carbocycles. The molecular weight excluding hydrogens is 358 g/mol. The fourth-order valence-corrected chi connectivity index (χ4v) is 3.61. The van der Waals surface area contributed by atoms with Crippen molar-refractivity contribution in [2.75, 3.05) is 32.7 Å². The predicted molar refractivity (Wildman–Crippen MR) is 125 cm³/mol. The summed E-state index contributed by atoms with van der Waals surface area (Å²) >= 11 is 0. The fraction of sp³-hybridized carbons (Fsp3) is 0.542. The number of benzene rings is 1. The molecule has 1 aliphatic heterocycles. The van der Waals surface area contributed by atoms with Gasteiger partial charge in [0.15, 0.2) is 0 Å². The van der Waals surface area contributed by atoms with Gasteiger partial charge in [-0.3, -0.25) is 9.89 Å². The zero-order chi connectivity index (χ0) is 21.1. The molecule has 0 amide bonds. The van der Waals surface area contributed by atoms with Gasteiger partial charge in [-0.05, 0) is 36.8 Å². The van der Waals surface area contributed by atoms with E-state index in [0.29, 0.717) is 18.3 Å². The highest BCUT2D eigenvalue weighted by Gasteiger charge is 2.17. The number of aliphatic imine (C=N–C) groups is 1. The lowest BCUT2D eigenvalue weighted by Crippen LogP contribution is -2.37. The van der Waals surface area contributed by atoms with Gasteiger partial charge in [-0.2, -0.15) is 0 Å². The van der Waals surface area contributed by atoms with Gasteiger partial charge < -0.3 is 16.4 Å². The van der Waals surface area contributed by atoms with Crippen molar-refractivity contribution in [3.8, 4) is 0 Å². The average molecular weight is 398 g/mol. The second-order valence-corrected chi connectivity index (χ2v) is 7.96. The highest BCUT2D eigenvalue weighted by atomic mass is 15.1. The molecule has 1 unspecified atom stereocenters. The maximum atomic E-state index is 6.10. The van der Waals surface area contributed by atoms with Crippen molar-refractivity contribution in [2.45, 2.75) is 46.6 Å². The molecule has 0 saturated heterocycles. The number of rotatable bonds is 12. The van der Waals surface area contributed by atoms with E-state index < -0.39 is 0 Å². The van der Waals surface area contributed by atoms with Crippen LogP contribution in [0.1, 0.15) is 44.7 Å². The van der Waals surface area contributed by atoms with Crippen molar-refractivity contribution >= 4 is 5.71 Å². The SMILES string of the molecule is C=C(NCC(C)CN1CCc2ccccc2C1)C(/C=C(\N)NCCCC)=N/CC. The summed E-state index contributed by atoms with van der Waals surface area (Å²) < 4.78 is 0. The summed E-state index contributed by atoms with van der Waals surface area (Å²) in [7, 11) is 0. The predicted octanol–water partition coefficient (Wildman–Crippen LogP) is 3.43. The molecule has 1 aromatic carbocycles. The molecule has 29 heavy (non-hydrogen) atoms. The molecule has 1 aliphatic rings. The van der Waals surface area contributed by atoms with Crippen LogP contribution in [0.2, 0.25) is 0 Å². The molecule has 0 bridgehead atoms. The third-order valence-electron chi connectivity index (χ3n) is 5.23. The van der Waals surface area contributed by atoms with Gasteiger partial charge in [-0.15, -0.1) is 0 Å². The second kappa shape index (κ2) is 12.3. The van der Waals surface area contributed by atoms with Crippen LogP contribution in [0.3, 0.4) is 0 Å². The largest absolute Gasteiger partial charge is 0.385 e. The highest BCUT2D eigenvalue weighted by Crippen LogP contribution is 2.19. The van der Waals surface area contributed by atoms with Gasteiger partial charge in [0.25, 0.3) is 0 Å². The molecule has 160 valence electrons. The first kappa shape index (κ1) is 23.0. The molecule has 4 N–H and O–H groups in total. The van der Waals surface area contributed by atoms with E-state index in [1.807, 2.05) is 13.0 Å². The zero-order valence-corrected chi connectivity index (χ0v) is 18.5. The lowest BCUT2D eigenvalue weighted by Gasteiger charge is -2.31. The first-order chi connectivity index (χ1) is 14.0. The van der Waals surface area contributed by atoms with Crippen molar-refractivity contribution in [1.82, 2.24) is 15.5 Å². The summed E-state index contributed by atoms with van der Waals surface area (Å²) in [6.07, 6.45) is 5.28. The third kappa shape index (κ3) is 7.94. The van der Waals surface area contributed by atoms with Crippen molar-refractivity contribution in [1.29, 1.82) is 0 Å². The Morgan fingerprint density at radius 2 is 2.03 bits per heavy atom. The molecule has 5 heteroatoms. The number of allylic oxidation sites excluding steroid dienone is 1. The Balaban J connectivity index is 1.81. The van der Waals surface area contributed by atoms with Crippen LogP contribution in [0.15, 0.2) is 53.4 Å². The number of nitrogens with two attached hydrogens (primary N) is 1. The minimum absolute atomic E-state index is 0.517. The van der Waals surface area contributed by atoms with Crippen LogP contribution in [0.4, 0.5) is 0 Å².